The molecule has 32 heavy (non-hydrogen) atoms. The summed E-state index contributed by atoms with van der Waals surface area (Å²) in [6.45, 7) is 4.39. The Balaban J connectivity index is 1.70. The monoisotopic (exact) mass is 489 g/mol. The third-order valence-corrected chi connectivity index (χ3v) is 6.94. The molecule has 166 valence electrons. The summed E-state index contributed by atoms with van der Waals surface area (Å²) < 4.78 is 3.49. The van der Waals surface area contributed by atoms with Gasteiger partial charge in [-0.15, -0.1) is 10.2 Å². The van der Waals surface area contributed by atoms with Crippen LogP contribution in [0.25, 0.3) is 16.7 Å². The number of nitrogens with one attached hydrogen (secondary N) is 1. The molecule has 2 heterocycles. The summed E-state index contributed by atoms with van der Waals surface area (Å²) >= 11 is 13.5. The minimum absolute atomic E-state index is 0.0908. The number of carbonyl (C=O) groups excluding carboxylic acids is 1. The van der Waals surface area contributed by atoms with Crippen LogP contribution in [0, 0.1) is 0 Å². The third kappa shape index (κ3) is 4.22. The zero-order valence-corrected chi connectivity index (χ0v) is 19.8. The molecule has 4 aromatic rings. The van der Waals surface area contributed by atoms with Crippen LogP contribution in [0.1, 0.15) is 26.7 Å². The van der Waals surface area contributed by atoms with Gasteiger partial charge in [0.2, 0.25) is 11.7 Å². The molecule has 0 aliphatic rings. The van der Waals surface area contributed by atoms with Crippen molar-refractivity contribution in [3.05, 3.63) is 62.9 Å². The summed E-state index contributed by atoms with van der Waals surface area (Å²) in [4.78, 5) is 25.9. The van der Waals surface area contributed by atoms with E-state index in [-0.39, 0.29) is 11.5 Å². The van der Waals surface area contributed by atoms with Gasteiger partial charge in [-0.3, -0.25) is 18.6 Å². The number of thioether (sulfide) groups is 1. The number of para-hydroxylation sites is 1. The lowest BCUT2D eigenvalue weighted by Crippen LogP contribution is -2.24. The largest absolute Gasteiger partial charge is 0.324 e. The first-order valence-corrected chi connectivity index (χ1v) is 11.8. The number of fused-ring (bicyclic) bond motifs is 3. The predicted molar refractivity (Wildman–Crippen MR) is 130 cm³/mol. The van der Waals surface area contributed by atoms with Crippen LogP contribution in [0.5, 0.6) is 0 Å². The number of hydrogen-bond donors (Lipinski definition) is 1. The van der Waals surface area contributed by atoms with Crippen molar-refractivity contribution in [2.75, 3.05) is 5.32 Å². The van der Waals surface area contributed by atoms with Crippen molar-refractivity contribution in [1.29, 1.82) is 0 Å². The molecule has 0 aliphatic carbocycles. The van der Waals surface area contributed by atoms with Gasteiger partial charge in [0.15, 0.2) is 5.16 Å². The smallest absolute Gasteiger partial charge is 0.262 e. The number of benzene rings is 2. The van der Waals surface area contributed by atoms with Crippen LogP contribution in [0.15, 0.2) is 52.4 Å². The lowest BCUT2D eigenvalue weighted by Gasteiger charge is -2.14. The highest BCUT2D eigenvalue weighted by atomic mass is 35.5. The molecule has 0 saturated carbocycles. The molecule has 0 aliphatic heterocycles. The second-order valence-corrected chi connectivity index (χ2v) is 9.39. The highest BCUT2D eigenvalue weighted by Gasteiger charge is 2.22. The quantitative estimate of drug-likeness (QED) is 0.357. The van der Waals surface area contributed by atoms with E-state index in [4.69, 9.17) is 23.2 Å². The average Bonchev–Trinajstić information content (AvgIpc) is 3.20. The normalized spacial score (nSPS) is 12.4. The summed E-state index contributed by atoms with van der Waals surface area (Å²) in [5.74, 6) is 0.217. The average molecular weight is 490 g/mol. The van der Waals surface area contributed by atoms with Crippen LogP contribution < -0.4 is 10.9 Å². The van der Waals surface area contributed by atoms with Crippen LogP contribution in [0.3, 0.4) is 0 Å². The van der Waals surface area contributed by atoms with Gasteiger partial charge in [0.25, 0.3) is 5.56 Å². The van der Waals surface area contributed by atoms with Crippen LogP contribution in [0.4, 0.5) is 5.69 Å². The molecule has 7 nitrogen and oxygen atoms in total. The molecule has 10 heteroatoms. The summed E-state index contributed by atoms with van der Waals surface area (Å²) in [6.07, 6.45) is 1.80. The van der Waals surface area contributed by atoms with Crippen molar-refractivity contribution in [3.8, 4) is 0 Å². The van der Waals surface area contributed by atoms with Gasteiger partial charge >= 0.3 is 0 Å². The molecule has 0 fully saturated rings. The molecule has 1 N–H and O–H groups in total. The van der Waals surface area contributed by atoms with E-state index in [1.54, 1.807) is 35.8 Å². The van der Waals surface area contributed by atoms with Crippen LogP contribution in [-0.2, 0) is 11.3 Å². The third-order valence-electron chi connectivity index (χ3n) is 5.07. The number of aromatic nitrogens is 4. The second-order valence-electron chi connectivity index (χ2n) is 7.30. The minimum atomic E-state index is -0.507. The van der Waals surface area contributed by atoms with Crippen LogP contribution >= 0.6 is 35.0 Å². The fourth-order valence-corrected chi connectivity index (χ4v) is 4.58. The molecule has 0 bridgehead atoms. The molecule has 0 spiro atoms. The Hall–Kier alpha value is -2.55. The number of nitrogens with zero attached hydrogens (tertiary/aromatic N) is 4. The van der Waals surface area contributed by atoms with Gasteiger partial charge in [-0.1, -0.05) is 66.5 Å². The minimum Gasteiger partial charge on any atom is -0.324 e. The molecule has 2 aromatic carbocycles. The van der Waals surface area contributed by atoms with Crippen molar-refractivity contribution in [3.63, 3.8) is 0 Å². The molecule has 2 aromatic heterocycles. The first-order valence-electron chi connectivity index (χ1n) is 10.2. The van der Waals surface area contributed by atoms with Gasteiger partial charge in [-0.05, 0) is 37.6 Å². The molecular weight excluding hydrogens is 469 g/mol. The first-order chi connectivity index (χ1) is 15.4. The van der Waals surface area contributed by atoms with E-state index in [1.165, 1.54) is 11.8 Å². The number of hydrogen-bond acceptors (Lipinski definition) is 5. The van der Waals surface area contributed by atoms with Gasteiger partial charge < -0.3 is 5.32 Å². The van der Waals surface area contributed by atoms with Crippen molar-refractivity contribution in [1.82, 2.24) is 19.2 Å². The zero-order valence-electron chi connectivity index (χ0n) is 17.5. The van der Waals surface area contributed by atoms with Crippen molar-refractivity contribution in [2.24, 2.45) is 0 Å². The van der Waals surface area contributed by atoms with E-state index in [9.17, 15) is 9.59 Å². The lowest BCUT2D eigenvalue weighted by molar-refractivity contribution is -0.115. The Bertz CT molecular complexity index is 1370. The number of anilines is 1. The summed E-state index contributed by atoms with van der Waals surface area (Å²) in [5.41, 5.74) is 1.06. The van der Waals surface area contributed by atoms with Crippen LogP contribution in [-0.4, -0.2) is 30.3 Å². The van der Waals surface area contributed by atoms with E-state index in [0.717, 1.165) is 12.8 Å². The van der Waals surface area contributed by atoms with Crippen LogP contribution in [0.2, 0.25) is 10.0 Å². The highest BCUT2D eigenvalue weighted by Crippen LogP contribution is 2.31. The maximum atomic E-state index is 13.0. The predicted octanol–water partition coefficient (Wildman–Crippen LogP) is 5.27. The van der Waals surface area contributed by atoms with Gasteiger partial charge in [0, 0.05) is 6.54 Å². The van der Waals surface area contributed by atoms with E-state index in [1.807, 2.05) is 22.6 Å². The maximum Gasteiger partial charge on any atom is 0.262 e. The molecule has 0 radical (unpaired) electrons. The number of carbonyl (C=O) groups is 1. The van der Waals surface area contributed by atoms with E-state index in [0.29, 0.717) is 44.1 Å². The standard InChI is InChI=1S/C22H21Cl2N5O2S/c1-3-4-12-28-20(31)14-8-5-6-11-17(14)29-21(28)26-27-22(29)32-13(2)19(30)25-16-10-7-9-15(23)18(16)24/h5-11,13H,3-4,12H2,1-2H3,(H,25,30). The molecule has 1 amide bonds. The van der Waals surface area contributed by atoms with Crippen molar-refractivity contribution < 1.29 is 4.79 Å². The van der Waals surface area contributed by atoms with Crippen molar-refractivity contribution >= 4 is 63.2 Å². The summed E-state index contributed by atoms with van der Waals surface area (Å²) in [5, 5.41) is 12.7. The van der Waals surface area contributed by atoms with Gasteiger partial charge in [-0.2, -0.15) is 0 Å². The number of unbranched alkanes of at least 4 members (excludes halogenated alkanes) is 1. The van der Waals surface area contributed by atoms with Gasteiger partial charge in [0.05, 0.1) is 31.9 Å². The molecule has 4 rings (SSSR count). The highest BCUT2D eigenvalue weighted by molar-refractivity contribution is 8.00. The second kappa shape index (κ2) is 9.52. The Morgan fingerprint density at radius 1 is 1.16 bits per heavy atom. The van der Waals surface area contributed by atoms with Gasteiger partial charge in [-0.25, -0.2) is 0 Å². The summed E-state index contributed by atoms with van der Waals surface area (Å²) in [7, 11) is 0. The molecule has 0 saturated heterocycles. The topological polar surface area (TPSA) is 81.3 Å². The number of rotatable bonds is 7. The Labute approximate surface area is 198 Å². The molecule has 1 atom stereocenters. The molecule has 1 unspecified atom stereocenters. The number of amides is 1. The fraction of sp³-hybridized carbons (Fsp3) is 0.273. The SMILES string of the molecule is CCCCn1c(=O)c2ccccc2n2c(SC(C)C(=O)Nc3cccc(Cl)c3Cl)nnc12. The van der Waals surface area contributed by atoms with E-state index in [2.05, 4.69) is 22.4 Å². The first kappa shape index (κ1) is 22.6. The Morgan fingerprint density at radius 3 is 2.72 bits per heavy atom. The van der Waals surface area contributed by atoms with Crippen molar-refractivity contribution in [2.45, 2.75) is 43.6 Å². The van der Waals surface area contributed by atoms with E-state index >= 15 is 0 Å². The number of halogens is 2. The van der Waals surface area contributed by atoms with Gasteiger partial charge in [0.1, 0.15) is 0 Å². The number of aryl methyl sites for hydroxylation is 1. The van der Waals surface area contributed by atoms with E-state index < -0.39 is 5.25 Å². The lowest BCUT2D eigenvalue weighted by atomic mass is 10.2. The molecular formula is C22H21Cl2N5O2S. The summed E-state index contributed by atoms with van der Waals surface area (Å²) in [6, 6.07) is 12.4. The maximum absolute atomic E-state index is 13.0. The zero-order chi connectivity index (χ0) is 22.8. The Kier molecular flexibility index (Phi) is 6.74. The fourth-order valence-electron chi connectivity index (χ4n) is 3.37. The Morgan fingerprint density at radius 2 is 1.94 bits per heavy atom.